The number of aromatic nitrogens is 2. The highest BCUT2D eigenvalue weighted by Crippen LogP contribution is 2.40. The zero-order valence-corrected chi connectivity index (χ0v) is 15.7. The van der Waals surface area contributed by atoms with E-state index < -0.39 is 5.97 Å². The zero-order valence-electron chi connectivity index (χ0n) is 15.7. The van der Waals surface area contributed by atoms with Gasteiger partial charge in [-0.2, -0.15) is 0 Å². The molecule has 6 nitrogen and oxygen atoms in total. The number of carboxylic acids is 1. The van der Waals surface area contributed by atoms with Gasteiger partial charge in [-0.1, -0.05) is 6.92 Å². The first-order valence-electron chi connectivity index (χ1n) is 9.24. The van der Waals surface area contributed by atoms with E-state index in [-0.39, 0.29) is 5.82 Å². The Balaban J connectivity index is 0.000000447. The van der Waals surface area contributed by atoms with E-state index in [4.69, 9.17) is 9.90 Å². The Morgan fingerprint density at radius 2 is 1.88 bits per heavy atom. The molecule has 7 heteroatoms. The Morgan fingerprint density at radius 3 is 2.42 bits per heavy atom. The van der Waals surface area contributed by atoms with E-state index in [1.807, 2.05) is 6.07 Å². The summed E-state index contributed by atoms with van der Waals surface area (Å²) in [6, 6.07) is 4.23. The summed E-state index contributed by atoms with van der Waals surface area (Å²) in [6.07, 6.45) is 3.34. The number of halogens is 1. The number of piperazine rings is 1. The van der Waals surface area contributed by atoms with Crippen LogP contribution in [-0.2, 0) is 11.2 Å². The van der Waals surface area contributed by atoms with E-state index in [9.17, 15) is 4.39 Å². The Bertz CT molecular complexity index is 788. The van der Waals surface area contributed by atoms with Gasteiger partial charge >= 0.3 is 0 Å². The standard InChI is InChI=1S/C17H23FN4.C2H4O2/c1-3-17-19-14-10-13(18)15(21-8-6-20(2)7-9-21)11-16(14)22(17)12-4-5-12;1-2(3)4/h10-12H,3-9H2,1-2H3;1H3,(H,3,4). The summed E-state index contributed by atoms with van der Waals surface area (Å²) < 4.78 is 16.9. The van der Waals surface area contributed by atoms with Crippen molar-refractivity contribution < 1.29 is 14.3 Å². The molecule has 0 amide bonds. The molecule has 0 radical (unpaired) electrons. The number of rotatable bonds is 3. The maximum Gasteiger partial charge on any atom is 0.300 e. The minimum atomic E-state index is -0.833. The topological polar surface area (TPSA) is 61.6 Å². The quantitative estimate of drug-likeness (QED) is 0.910. The van der Waals surface area contributed by atoms with Gasteiger partial charge in [-0.05, 0) is 26.0 Å². The maximum atomic E-state index is 14.6. The van der Waals surface area contributed by atoms with Crippen molar-refractivity contribution in [1.82, 2.24) is 14.5 Å². The smallest absolute Gasteiger partial charge is 0.300 e. The monoisotopic (exact) mass is 362 g/mol. The van der Waals surface area contributed by atoms with Crippen LogP contribution in [0.2, 0.25) is 0 Å². The van der Waals surface area contributed by atoms with Gasteiger partial charge in [-0.25, -0.2) is 9.37 Å². The van der Waals surface area contributed by atoms with Gasteiger partial charge in [0.05, 0.1) is 16.7 Å². The Hall–Kier alpha value is -2.15. The molecule has 26 heavy (non-hydrogen) atoms. The van der Waals surface area contributed by atoms with Crippen LogP contribution in [-0.4, -0.2) is 58.8 Å². The Labute approximate surface area is 153 Å². The number of nitrogens with zero attached hydrogens (tertiary/aromatic N) is 4. The predicted octanol–water partition coefficient (Wildman–Crippen LogP) is 2.92. The summed E-state index contributed by atoms with van der Waals surface area (Å²) in [5, 5.41) is 7.42. The van der Waals surface area contributed by atoms with Crippen molar-refractivity contribution in [2.45, 2.75) is 39.2 Å². The van der Waals surface area contributed by atoms with Crippen LogP contribution >= 0.6 is 0 Å². The van der Waals surface area contributed by atoms with Crippen LogP contribution in [0.3, 0.4) is 0 Å². The molecule has 1 aliphatic carbocycles. The van der Waals surface area contributed by atoms with Crippen molar-refractivity contribution in [2.75, 3.05) is 38.1 Å². The fourth-order valence-electron chi connectivity index (χ4n) is 3.43. The molecule has 1 saturated heterocycles. The number of carboxylic acid groups (broad SMARTS) is 1. The number of carbonyl (C=O) groups is 1. The summed E-state index contributed by atoms with van der Waals surface area (Å²) in [7, 11) is 2.12. The van der Waals surface area contributed by atoms with E-state index in [1.54, 1.807) is 6.07 Å². The molecular weight excluding hydrogens is 335 g/mol. The normalized spacial score (nSPS) is 17.9. The lowest BCUT2D eigenvalue weighted by molar-refractivity contribution is -0.134. The average molecular weight is 362 g/mol. The number of fused-ring (bicyclic) bond motifs is 1. The number of imidazole rings is 1. The lowest BCUT2D eigenvalue weighted by Gasteiger charge is -2.34. The van der Waals surface area contributed by atoms with Gasteiger partial charge in [0.1, 0.15) is 11.6 Å². The molecule has 1 aliphatic heterocycles. The van der Waals surface area contributed by atoms with Crippen LogP contribution < -0.4 is 4.90 Å². The van der Waals surface area contributed by atoms with Gasteiger partial charge in [0, 0.05) is 51.6 Å². The number of hydrogen-bond donors (Lipinski definition) is 1. The number of aliphatic carboxylic acids is 1. The lowest BCUT2D eigenvalue weighted by atomic mass is 10.2. The van der Waals surface area contributed by atoms with Crippen LogP contribution in [0.25, 0.3) is 11.0 Å². The number of benzene rings is 1. The number of likely N-dealkylation sites (N-methyl/N-ethyl adjacent to an activating group) is 1. The highest BCUT2D eigenvalue weighted by Gasteiger charge is 2.29. The predicted molar refractivity (Wildman–Crippen MR) is 100 cm³/mol. The highest BCUT2D eigenvalue weighted by atomic mass is 19.1. The fraction of sp³-hybridized carbons (Fsp3) is 0.579. The van der Waals surface area contributed by atoms with Crippen LogP contribution in [0.5, 0.6) is 0 Å². The van der Waals surface area contributed by atoms with Gasteiger partial charge in [-0.15, -0.1) is 0 Å². The number of hydrogen-bond acceptors (Lipinski definition) is 4. The minimum absolute atomic E-state index is 0.139. The first-order valence-corrected chi connectivity index (χ1v) is 9.24. The molecular formula is C19H27FN4O2. The van der Waals surface area contributed by atoms with Crippen LogP contribution in [0.15, 0.2) is 12.1 Å². The molecule has 2 aromatic rings. The van der Waals surface area contributed by atoms with Crippen molar-refractivity contribution in [3.8, 4) is 0 Å². The first kappa shape index (κ1) is 18.6. The maximum absolute atomic E-state index is 14.6. The number of aryl methyl sites for hydroxylation is 1. The first-order chi connectivity index (χ1) is 12.4. The minimum Gasteiger partial charge on any atom is -0.481 e. The molecule has 2 aliphatic rings. The molecule has 2 fully saturated rings. The van der Waals surface area contributed by atoms with E-state index in [2.05, 4.69) is 33.3 Å². The second kappa shape index (κ2) is 7.61. The van der Waals surface area contributed by atoms with E-state index in [0.29, 0.717) is 6.04 Å². The van der Waals surface area contributed by atoms with Gasteiger partial charge < -0.3 is 19.5 Å². The molecule has 1 aromatic carbocycles. The lowest BCUT2D eigenvalue weighted by Crippen LogP contribution is -2.44. The molecule has 0 spiro atoms. The summed E-state index contributed by atoms with van der Waals surface area (Å²) in [6.45, 7) is 6.95. The molecule has 0 atom stereocenters. The van der Waals surface area contributed by atoms with Crippen molar-refractivity contribution in [3.05, 3.63) is 23.8 Å². The van der Waals surface area contributed by atoms with E-state index in [0.717, 1.165) is 62.1 Å². The second-order valence-electron chi connectivity index (χ2n) is 7.08. The molecule has 1 aromatic heterocycles. The largest absolute Gasteiger partial charge is 0.481 e. The van der Waals surface area contributed by atoms with E-state index >= 15 is 0 Å². The molecule has 1 N–H and O–H groups in total. The molecule has 2 heterocycles. The molecule has 142 valence electrons. The second-order valence-corrected chi connectivity index (χ2v) is 7.08. The van der Waals surface area contributed by atoms with Gasteiger partial charge in [0.15, 0.2) is 0 Å². The Morgan fingerprint density at radius 1 is 1.27 bits per heavy atom. The average Bonchev–Trinajstić information content (AvgIpc) is 3.35. The zero-order chi connectivity index (χ0) is 18.8. The third kappa shape index (κ3) is 3.98. The van der Waals surface area contributed by atoms with Crippen molar-refractivity contribution in [2.24, 2.45) is 0 Å². The SMILES string of the molecule is CC(=O)O.CCc1nc2cc(F)c(N3CCN(C)CC3)cc2n1C1CC1. The Kier molecular flexibility index (Phi) is 5.46. The molecule has 1 saturated carbocycles. The third-order valence-corrected chi connectivity index (χ3v) is 4.90. The van der Waals surface area contributed by atoms with Crippen LogP contribution in [0.4, 0.5) is 10.1 Å². The fourth-order valence-corrected chi connectivity index (χ4v) is 3.43. The summed E-state index contributed by atoms with van der Waals surface area (Å²) in [5.74, 6) is 0.118. The molecule has 0 unspecified atom stereocenters. The van der Waals surface area contributed by atoms with Gasteiger partial charge in [-0.3, -0.25) is 4.79 Å². The molecule has 4 rings (SSSR count). The highest BCUT2D eigenvalue weighted by molar-refractivity contribution is 5.81. The third-order valence-electron chi connectivity index (χ3n) is 4.90. The van der Waals surface area contributed by atoms with Gasteiger partial charge in [0.25, 0.3) is 5.97 Å². The van der Waals surface area contributed by atoms with E-state index in [1.165, 1.54) is 12.8 Å². The number of anilines is 1. The summed E-state index contributed by atoms with van der Waals surface area (Å²) in [4.78, 5) is 18.1. The summed E-state index contributed by atoms with van der Waals surface area (Å²) in [5.41, 5.74) is 2.65. The van der Waals surface area contributed by atoms with Crippen molar-refractivity contribution in [1.29, 1.82) is 0 Å². The molecule has 0 bridgehead atoms. The van der Waals surface area contributed by atoms with Crippen LogP contribution in [0.1, 0.15) is 38.6 Å². The van der Waals surface area contributed by atoms with Crippen molar-refractivity contribution in [3.63, 3.8) is 0 Å². The van der Waals surface area contributed by atoms with Crippen molar-refractivity contribution >= 4 is 22.7 Å². The summed E-state index contributed by atoms with van der Waals surface area (Å²) >= 11 is 0. The van der Waals surface area contributed by atoms with Crippen LogP contribution in [0, 0.1) is 5.82 Å². The van der Waals surface area contributed by atoms with Gasteiger partial charge in [0.2, 0.25) is 0 Å².